The lowest BCUT2D eigenvalue weighted by molar-refractivity contribution is 0.144. The maximum Gasteiger partial charge on any atom is 0.405 e. The number of benzene rings is 2. The number of carboxylic acid groups (broad SMARTS) is 1. The summed E-state index contributed by atoms with van der Waals surface area (Å²) in [6, 6.07) is 21.9. The molecule has 0 radical (unpaired) electrons. The normalized spacial score (nSPS) is 15.0. The summed E-state index contributed by atoms with van der Waals surface area (Å²) in [7, 11) is 0. The van der Waals surface area contributed by atoms with Gasteiger partial charge in [0.15, 0.2) is 5.58 Å². The second-order valence-corrected chi connectivity index (χ2v) is 7.47. The maximum absolute atomic E-state index is 11.3. The molecule has 1 fully saturated rings. The molecule has 1 saturated carbocycles. The Labute approximate surface area is 168 Å². The van der Waals surface area contributed by atoms with Crippen LogP contribution in [0.1, 0.15) is 24.8 Å². The van der Waals surface area contributed by atoms with Gasteiger partial charge in [-0.2, -0.15) is 0 Å². The van der Waals surface area contributed by atoms with E-state index in [4.69, 9.17) is 4.42 Å². The van der Waals surface area contributed by atoms with Gasteiger partial charge in [0.25, 0.3) is 0 Å². The van der Waals surface area contributed by atoms with Gasteiger partial charge in [0.2, 0.25) is 0 Å². The molecule has 144 valence electrons. The maximum atomic E-state index is 11.3. The van der Waals surface area contributed by atoms with Gasteiger partial charge in [-0.1, -0.05) is 54.6 Å². The zero-order chi connectivity index (χ0) is 19.8. The summed E-state index contributed by atoms with van der Waals surface area (Å²) < 4.78 is 6.17. The predicted molar refractivity (Wildman–Crippen MR) is 112 cm³/mol. The first-order chi connectivity index (χ1) is 14.2. The Morgan fingerprint density at radius 1 is 0.966 bits per heavy atom. The molecule has 2 N–H and O–H groups in total. The van der Waals surface area contributed by atoms with E-state index in [-0.39, 0.29) is 0 Å². The summed E-state index contributed by atoms with van der Waals surface area (Å²) in [6.07, 6.45) is 3.46. The van der Waals surface area contributed by atoms with Crippen LogP contribution in [-0.4, -0.2) is 16.2 Å². The molecule has 1 aliphatic rings. The fourth-order valence-corrected chi connectivity index (χ4v) is 4.17. The second-order valence-electron chi connectivity index (χ2n) is 7.47. The van der Waals surface area contributed by atoms with Crippen molar-refractivity contribution in [2.75, 3.05) is 0 Å². The van der Waals surface area contributed by atoms with Crippen molar-refractivity contribution in [2.45, 2.75) is 24.8 Å². The van der Waals surface area contributed by atoms with Gasteiger partial charge in [0.05, 0.1) is 11.1 Å². The van der Waals surface area contributed by atoms with Crippen molar-refractivity contribution in [3.8, 4) is 22.5 Å². The van der Waals surface area contributed by atoms with Crippen LogP contribution in [0.15, 0.2) is 77.3 Å². The lowest BCUT2D eigenvalue weighted by atomic mass is 9.71. The summed E-state index contributed by atoms with van der Waals surface area (Å²) in [5.74, 6) is 0.786. The number of pyridine rings is 1. The molecule has 29 heavy (non-hydrogen) atoms. The van der Waals surface area contributed by atoms with E-state index in [2.05, 4.69) is 10.3 Å². The first-order valence-electron chi connectivity index (χ1n) is 9.71. The molecule has 5 heteroatoms. The molecular weight excluding hydrogens is 364 g/mol. The Hall–Kier alpha value is -3.60. The van der Waals surface area contributed by atoms with Crippen LogP contribution in [0.4, 0.5) is 4.79 Å². The van der Waals surface area contributed by atoms with Crippen molar-refractivity contribution in [3.05, 3.63) is 78.5 Å². The molecule has 5 nitrogen and oxygen atoms in total. The number of nitrogens with zero attached hydrogens (tertiary/aromatic N) is 1. The van der Waals surface area contributed by atoms with Gasteiger partial charge >= 0.3 is 6.09 Å². The molecule has 0 aliphatic heterocycles. The molecular formula is C24H20N2O3. The van der Waals surface area contributed by atoms with E-state index in [1.54, 1.807) is 6.20 Å². The summed E-state index contributed by atoms with van der Waals surface area (Å²) in [6.45, 7) is 0. The van der Waals surface area contributed by atoms with E-state index < -0.39 is 11.6 Å². The lowest BCUT2D eigenvalue weighted by Crippen LogP contribution is -2.50. The molecule has 2 aromatic heterocycles. The fourth-order valence-electron chi connectivity index (χ4n) is 4.17. The number of furan rings is 1. The highest BCUT2D eigenvalue weighted by Gasteiger charge is 2.40. The highest BCUT2D eigenvalue weighted by atomic mass is 16.4. The Morgan fingerprint density at radius 2 is 1.72 bits per heavy atom. The van der Waals surface area contributed by atoms with Crippen LogP contribution in [-0.2, 0) is 5.54 Å². The lowest BCUT2D eigenvalue weighted by Gasteiger charge is -2.42. The van der Waals surface area contributed by atoms with Crippen molar-refractivity contribution < 1.29 is 14.3 Å². The third-order valence-electron chi connectivity index (χ3n) is 5.76. The summed E-state index contributed by atoms with van der Waals surface area (Å²) in [5, 5.41) is 11.9. The van der Waals surface area contributed by atoms with Gasteiger partial charge in [0.1, 0.15) is 11.3 Å². The Balaban J connectivity index is 1.62. The molecule has 0 saturated heterocycles. The van der Waals surface area contributed by atoms with Crippen LogP contribution in [0.3, 0.4) is 0 Å². The number of hydrogen-bond donors (Lipinski definition) is 2. The topological polar surface area (TPSA) is 75.4 Å². The fraction of sp³-hybridized carbons (Fsp3) is 0.167. The van der Waals surface area contributed by atoms with Crippen molar-refractivity contribution in [1.82, 2.24) is 10.3 Å². The largest absolute Gasteiger partial charge is 0.465 e. The van der Waals surface area contributed by atoms with Gasteiger partial charge in [-0.15, -0.1) is 0 Å². The average molecular weight is 384 g/mol. The predicted octanol–water partition coefficient (Wildman–Crippen LogP) is 5.81. The number of hydrogen-bond acceptors (Lipinski definition) is 3. The third kappa shape index (κ3) is 2.95. The standard InChI is InChI=1S/C24H20N2O3/c27-23(28)26-24(13-5-14-24)18-11-9-16(10-12-18)20-21-19(8-4-15-25-21)29-22(20)17-6-2-1-3-7-17/h1-4,6-12,15,26H,5,13-14H2,(H,27,28). The summed E-state index contributed by atoms with van der Waals surface area (Å²) in [4.78, 5) is 15.8. The van der Waals surface area contributed by atoms with E-state index in [1.807, 2.05) is 66.7 Å². The van der Waals surface area contributed by atoms with E-state index in [9.17, 15) is 9.90 Å². The summed E-state index contributed by atoms with van der Waals surface area (Å²) >= 11 is 0. The zero-order valence-corrected chi connectivity index (χ0v) is 15.8. The van der Waals surface area contributed by atoms with E-state index >= 15 is 0 Å². The molecule has 2 aromatic carbocycles. The van der Waals surface area contributed by atoms with Gasteiger partial charge in [-0.3, -0.25) is 4.98 Å². The molecule has 0 bridgehead atoms. The van der Waals surface area contributed by atoms with Gasteiger partial charge < -0.3 is 14.8 Å². The van der Waals surface area contributed by atoms with Crippen LogP contribution in [0.25, 0.3) is 33.6 Å². The average Bonchev–Trinajstić information content (AvgIpc) is 3.11. The van der Waals surface area contributed by atoms with Crippen LogP contribution in [0.5, 0.6) is 0 Å². The number of aromatic nitrogens is 1. The van der Waals surface area contributed by atoms with Crippen LogP contribution in [0.2, 0.25) is 0 Å². The Kier molecular flexibility index (Phi) is 4.09. The minimum atomic E-state index is -0.981. The first kappa shape index (κ1) is 17.5. The molecule has 0 atom stereocenters. The molecule has 2 heterocycles. The van der Waals surface area contributed by atoms with Crippen LogP contribution >= 0.6 is 0 Å². The monoisotopic (exact) mass is 384 g/mol. The van der Waals surface area contributed by atoms with Gasteiger partial charge in [-0.25, -0.2) is 4.79 Å². The number of carbonyl (C=O) groups is 1. The van der Waals surface area contributed by atoms with Crippen molar-refractivity contribution in [2.24, 2.45) is 0 Å². The van der Waals surface area contributed by atoms with Gasteiger partial charge in [-0.05, 0) is 42.5 Å². The van der Waals surface area contributed by atoms with Crippen molar-refractivity contribution >= 4 is 17.2 Å². The molecule has 1 amide bonds. The van der Waals surface area contributed by atoms with Crippen LogP contribution < -0.4 is 5.32 Å². The quantitative estimate of drug-likeness (QED) is 0.466. The minimum absolute atomic E-state index is 0.469. The highest BCUT2D eigenvalue weighted by Crippen LogP contribution is 2.43. The highest BCUT2D eigenvalue weighted by molar-refractivity contribution is 5.99. The Morgan fingerprint density at radius 3 is 2.38 bits per heavy atom. The third-order valence-corrected chi connectivity index (χ3v) is 5.76. The molecule has 0 spiro atoms. The smallest absolute Gasteiger partial charge is 0.405 e. The van der Waals surface area contributed by atoms with Crippen molar-refractivity contribution in [3.63, 3.8) is 0 Å². The van der Waals surface area contributed by atoms with Gasteiger partial charge in [0, 0.05) is 11.8 Å². The van der Waals surface area contributed by atoms with Crippen molar-refractivity contribution in [1.29, 1.82) is 0 Å². The number of fused-ring (bicyclic) bond motifs is 1. The van der Waals surface area contributed by atoms with E-state index in [0.717, 1.165) is 58.4 Å². The SMILES string of the molecule is O=C(O)NC1(c2ccc(-c3c(-c4ccccc4)oc4cccnc34)cc2)CCC1. The number of rotatable bonds is 4. The zero-order valence-electron chi connectivity index (χ0n) is 15.8. The summed E-state index contributed by atoms with van der Waals surface area (Å²) in [5.41, 5.74) is 5.03. The molecule has 0 unspecified atom stereocenters. The Bertz CT molecular complexity index is 1180. The molecule has 4 aromatic rings. The number of amides is 1. The van der Waals surface area contributed by atoms with E-state index in [0.29, 0.717) is 0 Å². The molecule has 1 aliphatic carbocycles. The first-order valence-corrected chi connectivity index (χ1v) is 9.71. The number of nitrogens with one attached hydrogen (secondary N) is 1. The minimum Gasteiger partial charge on any atom is -0.465 e. The van der Waals surface area contributed by atoms with E-state index in [1.165, 1.54) is 0 Å². The second kappa shape index (κ2) is 6.78. The van der Waals surface area contributed by atoms with Crippen LogP contribution in [0, 0.1) is 0 Å². The molecule has 5 rings (SSSR count).